The van der Waals surface area contributed by atoms with Gasteiger partial charge in [-0.2, -0.15) is 0 Å². The van der Waals surface area contributed by atoms with Crippen molar-refractivity contribution >= 4 is 9.84 Å². The van der Waals surface area contributed by atoms with Crippen molar-refractivity contribution in [2.45, 2.75) is 24.8 Å². The van der Waals surface area contributed by atoms with Crippen molar-refractivity contribution in [1.82, 2.24) is 4.90 Å². The molecule has 20 heavy (non-hydrogen) atoms. The van der Waals surface area contributed by atoms with Crippen molar-refractivity contribution in [3.05, 3.63) is 35.4 Å². The quantitative estimate of drug-likeness (QED) is 0.829. The Hall–Kier alpha value is -0.910. The molecule has 1 aliphatic rings. The lowest BCUT2D eigenvalue weighted by atomic mass is 10.0. The van der Waals surface area contributed by atoms with E-state index in [1.54, 1.807) is 0 Å². The van der Waals surface area contributed by atoms with Gasteiger partial charge in [0.2, 0.25) is 0 Å². The number of hydrogen-bond donors (Lipinski definition) is 1. The molecule has 0 aromatic heterocycles. The predicted octanol–water partition coefficient (Wildman–Crippen LogP) is 1.54. The Bertz CT molecular complexity index is 535. The van der Waals surface area contributed by atoms with Gasteiger partial charge in [0, 0.05) is 25.4 Å². The Morgan fingerprint density at radius 2 is 1.90 bits per heavy atom. The van der Waals surface area contributed by atoms with Crippen LogP contribution >= 0.6 is 0 Å². The third-order valence-corrected chi connectivity index (χ3v) is 4.86. The zero-order valence-electron chi connectivity index (χ0n) is 12.2. The molecule has 0 spiro atoms. The molecule has 0 amide bonds. The largest absolute Gasteiger partial charge is 0.329 e. The minimum atomic E-state index is -2.94. The van der Waals surface area contributed by atoms with Crippen molar-refractivity contribution in [2.75, 3.05) is 32.1 Å². The smallest absolute Gasteiger partial charge is 0.148 e. The van der Waals surface area contributed by atoms with Crippen molar-refractivity contribution in [3.63, 3.8) is 0 Å². The molecule has 1 aliphatic carbocycles. The number of nitrogens with zero attached hydrogens (tertiary/aromatic N) is 1. The van der Waals surface area contributed by atoms with E-state index in [2.05, 4.69) is 24.3 Å². The maximum absolute atomic E-state index is 11.3. The molecular formula is C15H24N2O2S. The zero-order valence-corrected chi connectivity index (χ0v) is 13.1. The Kier molecular flexibility index (Phi) is 4.83. The van der Waals surface area contributed by atoms with Crippen molar-refractivity contribution in [1.29, 1.82) is 0 Å². The number of likely N-dealkylation sites (N-methyl/N-ethyl adjacent to an activating group) is 1. The van der Waals surface area contributed by atoms with Gasteiger partial charge in [-0.1, -0.05) is 24.3 Å². The van der Waals surface area contributed by atoms with Gasteiger partial charge < -0.3 is 5.73 Å². The fraction of sp³-hybridized carbons (Fsp3) is 0.600. The van der Waals surface area contributed by atoms with Gasteiger partial charge in [-0.3, -0.25) is 4.90 Å². The first-order valence-electron chi connectivity index (χ1n) is 7.08. The standard InChI is InChI=1S/C15H24N2O2S/c1-17(9-10-20(2,18)19)15(11-16)14-7-5-13(6-8-14)12-3-4-12/h5-8,12,15H,3-4,9-11,16H2,1-2H3. The molecule has 1 atom stereocenters. The van der Waals surface area contributed by atoms with E-state index in [4.69, 9.17) is 5.73 Å². The highest BCUT2D eigenvalue weighted by molar-refractivity contribution is 7.90. The Morgan fingerprint density at radius 3 is 2.35 bits per heavy atom. The first-order valence-corrected chi connectivity index (χ1v) is 9.14. The fourth-order valence-electron chi connectivity index (χ4n) is 2.44. The molecule has 0 radical (unpaired) electrons. The minimum absolute atomic E-state index is 0.0741. The van der Waals surface area contributed by atoms with Gasteiger partial charge >= 0.3 is 0 Å². The van der Waals surface area contributed by atoms with E-state index in [-0.39, 0.29) is 11.8 Å². The van der Waals surface area contributed by atoms with Crippen LogP contribution in [0.5, 0.6) is 0 Å². The van der Waals surface area contributed by atoms with E-state index < -0.39 is 9.84 Å². The third-order valence-electron chi connectivity index (χ3n) is 3.94. The maximum Gasteiger partial charge on any atom is 0.148 e. The van der Waals surface area contributed by atoms with Crippen LogP contribution < -0.4 is 5.73 Å². The Morgan fingerprint density at radius 1 is 1.30 bits per heavy atom. The van der Waals surface area contributed by atoms with Gasteiger partial charge in [0.25, 0.3) is 0 Å². The van der Waals surface area contributed by atoms with Crippen LogP contribution in [0, 0.1) is 0 Å². The highest BCUT2D eigenvalue weighted by atomic mass is 32.2. The first kappa shape index (κ1) is 15.5. The van der Waals surface area contributed by atoms with Crippen LogP contribution in [0.25, 0.3) is 0 Å². The monoisotopic (exact) mass is 296 g/mol. The van der Waals surface area contributed by atoms with Crippen molar-refractivity contribution in [2.24, 2.45) is 5.73 Å². The lowest BCUT2D eigenvalue weighted by Gasteiger charge is -2.27. The molecule has 1 fully saturated rings. The second-order valence-corrected chi connectivity index (χ2v) is 8.06. The van der Waals surface area contributed by atoms with Gasteiger partial charge in [-0.05, 0) is 36.9 Å². The van der Waals surface area contributed by atoms with E-state index in [0.29, 0.717) is 13.1 Å². The predicted molar refractivity (Wildman–Crippen MR) is 82.6 cm³/mol. The van der Waals surface area contributed by atoms with E-state index in [1.165, 1.54) is 24.7 Å². The Balaban J connectivity index is 2.02. The average molecular weight is 296 g/mol. The molecule has 0 aliphatic heterocycles. The summed E-state index contributed by atoms with van der Waals surface area (Å²) in [4.78, 5) is 2.02. The number of rotatable bonds is 7. The molecular weight excluding hydrogens is 272 g/mol. The lowest BCUT2D eigenvalue weighted by molar-refractivity contribution is 0.264. The van der Waals surface area contributed by atoms with E-state index >= 15 is 0 Å². The molecule has 4 nitrogen and oxygen atoms in total. The molecule has 1 saturated carbocycles. The minimum Gasteiger partial charge on any atom is -0.329 e. The fourth-order valence-corrected chi connectivity index (χ4v) is 3.06. The van der Waals surface area contributed by atoms with Crippen LogP contribution in [-0.2, 0) is 9.84 Å². The number of sulfone groups is 1. The molecule has 1 unspecified atom stereocenters. The normalized spacial score (nSPS) is 17.4. The molecule has 112 valence electrons. The van der Waals surface area contributed by atoms with Crippen molar-refractivity contribution < 1.29 is 8.42 Å². The van der Waals surface area contributed by atoms with E-state index in [1.807, 2.05) is 11.9 Å². The van der Waals surface area contributed by atoms with Crippen LogP contribution in [-0.4, -0.2) is 45.5 Å². The number of nitrogens with two attached hydrogens (primary N) is 1. The first-order chi connectivity index (χ1) is 9.40. The Labute approximate surface area is 121 Å². The molecule has 1 aromatic rings. The third kappa shape index (κ3) is 4.30. The molecule has 0 saturated heterocycles. The van der Waals surface area contributed by atoms with Gasteiger partial charge in [-0.25, -0.2) is 8.42 Å². The van der Waals surface area contributed by atoms with Crippen LogP contribution in [0.4, 0.5) is 0 Å². The van der Waals surface area contributed by atoms with Crippen LogP contribution in [0.15, 0.2) is 24.3 Å². The molecule has 0 heterocycles. The van der Waals surface area contributed by atoms with E-state index in [9.17, 15) is 8.42 Å². The SMILES string of the molecule is CN(CCS(C)(=O)=O)C(CN)c1ccc(C2CC2)cc1. The molecule has 2 rings (SSSR count). The second-order valence-electron chi connectivity index (χ2n) is 5.80. The average Bonchev–Trinajstić information content (AvgIpc) is 3.22. The van der Waals surface area contributed by atoms with E-state index in [0.717, 1.165) is 11.5 Å². The highest BCUT2D eigenvalue weighted by Crippen LogP contribution is 2.40. The summed E-state index contributed by atoms with van der Waals surface area (Å²) in [6.45, 7) is 0.994. The van der Waals surface area contributed by atoms with Crippen LogP contribution in [0.1, 0.15) is 35.9 Å². The van der Waals surface area contributed by atoms with Gasteiger partial charge in [0.15, 0.2) is 0 Å². The van der Waals surface area contributed by atoms with Crippen molar-refractivity contribution in [3.8, 4) is 0 Å². The summed E-state index contributed by atoms with van der Waals surface area (Å²) in [5.41, 5.74) is 8.43. The summed E-state index contributed by atoms with van der Waals surface area (Å²) in [5.74, 6) is 0.920. The van der Waals surface area contributed by atoms with Gasteiger partial charge in [0.05, 0.1) is 5.75 Å². The summed E-state index contributed by atoms with van der Waals surface area (Å²) in [5, 5.41) is 0. The molecule has 1 aromatic carbocycles. The van der Waals surface area contributed by atoms with Gasteiger partial charge in [0.1, 0.15) is 9.84 Å². The summed E-state index contributed by atoms with van der Waals surface area (Å²) in [7, 11) is -1.01. The van der Waals surface area contributed by atoms with Gasteiger partial charge in [-0.15, -0.1) is 0 Å². The maximum atomic E-state index is 11.3. The highest BCUT2D eigenvalue weighted by Gasteiger charge is 2.24. The van der Waals surface area contributed by atoms with Crippen LogP contribution in [0.3, 0.4) is 0 Å². The summed E-state index contributed by atoms with van der Waals surface area (Å²) in [6, 6.07) is 8.69. The van der Waals surface area contributed by atoms with Crippen LogP contribution in [0.2, 0.25) is 0 Å². The molecule has 2 N–H and O–H groups in total. The summed E-state index contributed by atoms with van der Waals surface area (Å²) < 4.78 is 22.5. The molecule has 5 heteroatoms. The summed E-state index contributed by atoms with van der Waals surface area (Å²) >= 11 is 0. The molecule has 0 bridgehead atoms. The number of hydrogen-bond acceptors (Lipinski definition) is 4. The summed E-state index contributed by atoms with van der Waals surface area (Å²) in [6.07, 6.45) is 3.87. The lowest BCUT2D eigenvalue weighted by Crippen LogP contribution is -2.33. The second kappa shape index (κ2) is 6.24. The number of benzene rings is 1. The zero-order chi connectivity index (χ0) is 14.8. The topological polar surface area (TPSA) is 63.4 Å².